The van der Waals surface area contributed by atoms with E-state index in [1.54, 1.807) is 12.3 Å². The van der Waals surface area contributed by atoms with Crippen LogP contribution in [0.2, 0.25) is 0 Å². The Morgan fingerprint density at radius 2 is 2.36 bits per heavy atom. The van der Waals surface area contributed by atoms with Crippen LogP contribution in [-0.4, -0.2) is 11.7 Å². The van der Waals surface area contributed by atoms with Crippen LogP contribution in [0.25, 0.3) is 0 Å². The summed E-state index contributed by atoms with van der Waals surface area (Å²) < 4.78 is 7.04. The van der Waals surface area contributed by atoms with Crippen molar-refractivity contribution in [3.8, 4) is 5.75 Å². The van der Waals surface area contributed by atoms with Crippen LogP contribution in [0.5, 0.6) is 5.75 Å². The van der Waals surface area contributed by atoms with E-state index in [0.29, 0.717) is 18.3 Å². The largest absolute Gasteiger partial charge is 0.491 e. The van der Waals surface area contributed by atoms with Crippen molar-refractivity contribution in [3.63, 3.8) is 0 Å². The van der Waals surface area contributed by atoms with Crippen LogP contribution in [0.3, 0.4) is 0 Å². The number of nitrogens with two attached hydrogens (primary N) is 1. The third-order valence-electron chi connectivity index (χ3n) is 2.50. The van der Waals surface area contributed by atoms with Gasteiger partial charge in [-0.2, -0.15) is 0 Å². The average Bonchev–Trinajstić information content (AvgIpc) is 3.01. The van der Waals surface area contributed by atoms with Gasteiger partial charge in [0.1, 0.15) is 0 Å². The Labute approximate surface area is 82.3 Å². The quantitative estimate of drug-likeness (QED) is 0.768. The van der Waals surface area contributed by atoms with Crippen molar-refractivity contribution in [2.24, 2.45) is 5.73 Å². The van der Waals surface area contributed by atoms with E-state index in [9.17, 15) is 4.79 Å². The van der Waals surface area contributed by atoms with Crippen molar-refractivity contribution in [2.45, 2.75) is 25.4 Å². The normalized spacial score (nSPS) is 15.6. The SMILES string of the molecule is COc1cn(C2CC2)c(CN)cc1=O. The summed E-state index contributed by atoms with van der Waals surface area (Å²) in [6, 6.07) is 2.08. The van der Waals surface area contributed by atoms with Crippen LogP contribution in [0, 0.1) is 0 Å². The minimum absolute atomic E-state index is 0.0927. The highest BCUT2D eigenvalue weighted by atomic mass is 16.5. The summed E-state index contributed by atoms with van der Waals surface area (Å²) in [5.74, 6) is 0.397. The first-order valence-electron chi connectivity index (χ1n) is 4.75. The first-order valence-corrected chi connectivity index (χ1v) is 4.75. The highest BCUT2D eigenvalue weighted by molar-refractivity contribution is 5.23. The van der Waals surface area contributed by atoms with Crippen molar-refractivity contribution >= 4 is 0 Å². The number of aromatic nitrogens is 1. The Hall–Kier alpha value is -1.29. The maximum Gasteiger partial charge on any atom is 0.223 e. The molecule has 76 valence electrons. The van der Waals surface area contributed by atoms with E-state index in [0.717, 1.165) is 5.69 Å². The Kier molecular flexibility index (Phi) is 2.29. The van der Waals surface area contributed by atoms with Crippen LogP contribution < -0.4 is 15.9 Å². The van der Waals surface area contributed by atoms with E-state index < -0.39 is 0 Å². The first-order chi connectivity index (χ1) is 6.76. The number of pyridine rings is 1. The van der Waals surface area contributed by atoms with Gasteiger partial charge in [-0.05, 0) is 12.8 Å². The molecule has 1 aliphatic carbocycles. The lowest BCUT2D eigenvalue weighted by Gasteiger charge is -2.12. The van der Waals surface area contributed by atoms with Gasteiger partial charge in [-0.15, -0.1) is 0 Å². The molecule has 14 heavy (non-hydrogen) atoms. The number of rotatable bonds is 3. The van der Waals surface area contributed by atoms with Gasteiger partial charge in [0.05, 0.1) is 13.3 Å². The van der Waals surface area contributed by atoms with Gasteiger partial charge in [-0.1, -0.05) is 0 Å². The average molecular weight is 194 g/mol. The standard InChI is InChI=1S/C10H14N2O2/c1-14-10-6-12(7-2-3-7)8(5-11)4-9(10)13/h4,6-7H,2-3,5,11H2,1H3. The lowest BCUT2D eigenvalue weighted by atomic mass is 10.3. The summed E-state index contributed by atoms with van der Waals surface area (Å²) in [6.07, 6.45) is 4.10. The lowest BCUT2D eigenvalue weighted by molar-refractivity contribution is 0.403. The summed E-state index contributed by atoms with van der Waals surface area (Å²) in [5.41, 5.74) is 6.37. The lowest BCUT2D eigenvalue weighted by Crippen LogP contribution is -2.16. The van der Waals surface area contributed by atoms with Crippen LogP contribution in [-0.2, 0) is 6.54 Å². The number of ether oxygens (including phenoxy) is 1. The fourth-order valence-electron chi connectivity index (χ4n) is 1.58. The van der Waals surface area contributed by atoms with E-state index in [2.05, 4.69) is 4.57 Å². The molecule has 1 fully saturated rings. The number of hydrogen-bond donors (Lipinski definition) is 1. The maximum absolute atomic E-state index is 11.4. The summed E-state index contributed by atoms with van der Waals surface area (Å²) in [5, 5.41) is 0. The molecular formula is C10H14N2O2. The zero-order valence-electron chi connectivity index (χ0n) is 8.19. The van der Waals surface area contributed by atoms with Crippen molar-refractivity contribution in [1.29, 1.82) is 0 Å². The second-order valence-corrected chi connectivity index (χ2v) is 3.54. The molecular weight excluding hydrogens is 180 g/mol. The highest BCUT2D eigenvalue weighted by Gasteiger charge is 2.25. The number of methoxy groups -OCH3 is 1. The molecule has 0 aliphatic heterocycles. The van der Waals surface area contributed by atoms with E-state index in [-0.39, 0.29) is 5.43 Å². The fraction of sp³-hybridized carbons (Fsp3) is 0.500. The van der Waals surface area contributed by atoms with Crippen LogP contribution in [0.4, 0.5) is 0 Å². The van der Waals surface area contributed by atoms with Gasteiger partial charge in [0.2, 0.25) is 5.43 Å². The van der Waals surface area contributed by atoms with Crippen molar-refractivity contribution in [2.75, 3.05) is 7.11 Å². The van der Waals surface area contributed by atoms with Gasteiger partial charge in [0, 0.05) is 24.3 Å². The topological polar surface area (TPSA) is 57.2 Å². The van der Waals surface area contributed by atoms with Gasteiger partial charge < -0.3 is 15.0 Å². The molecule has 0 unspecified atom stereocenters. The molecule has 0 saturated heterocycles. The molecule has 4 nitrogen and oxygen atoms in total. The molecule has 4 heteroatoms. The second kappa shape index (κ2) is 3.46. The predicted octanol–water partition coefficient (Wildman–Crippen LogP) is 0.650. The van der Waals surface area contributed by atoms with Crippen molar-refractivity contribution in [1.82, 2.24) is 4.57 Å². The van der Waals surface area contributed by atoms with E-state index in [4.69, 9.17) is 10.5 Å². The third kappa shape index (κ3) is 1.53. The smallest absolute Gasteiger partial charge is 0.223 e. The second-order valence-electron chi connectivity index (χ2n) is 3.54. The Balaban J connectivity index is 2.49. The molecule has 1 aliphatic rings. The summed E-state index contributed by atoms with van der Waals surface area (Å²) in [4.78, 5) is 11.4. The van der Waals surface area contributed by atoms with Crippen LogP contribution >= 0.6 is 0 Å². The molecule has 1 heterocycles. The Morgan fingerprint density at radius 1 is 1.64 bits per heavy atom. The Bertz CT molecular complexity index is 394. The third-order valence-corrected chi connectivity index (χ3v) is 2.50. The zero-order valence-corrected chi connectivity index (χ0v) is 8.19. The monoisotopic (exact) mass is 194 g/mol. The minimum Gasteiger partial charge on any atom is -0.491 e. The molecule has 0 aromatic carbocycles. The zero-order chi connectivity index (χ0) is 10.1. The molecule has 0 radical (unpaired) electrons. The maximum atomic E-state index is 11.4. The number of hydrogen-bond acceptors (Lipinski definition) is 3. The molecule has 2 N–H and O–H groups in total. The van der Waals surface area contributed by atoms with Crippen LogP contribution in [0.1, 0.15) is 24.6 Å². The molecule has 0 bridgehead atoms. The molecule has 1 aromatic heterocycles. The van der Waals surface area contributed by atoms with Crippen molar-refractivity contribution < 1.29 is 4.74 Å². The first kappa shape index (κ1) is 9.27. The molecule has 1 aromatic rings. The molecule has 0 spiro atoms. The molecule has 1 saturated carbocycles. The Morgan fingerprint density at radius 3 is 2.86 bits per heavy atom. The molecule has 0 amide bonds. The van der Waals surface area contributed by atoms with E-state index >= 15 is 0 Å². The van der Waals surface area contributed by atoms with E-state index in [1.165, 1.54) is 20.0 Å². The summed E-state index contributed by atoms with van der Waals surface area (Å²) >= 11 is 0. The summed E-state index contributed by atoms with van der Waals surface area (Å²) in [6.45, 7) is 0.399. The van der Waals surface area contributed by atoms with E-state index in [1.807, 2.05) is 0 Å². The molecule has 2 rings (SSSR count). The van der Waals surface area contributed by atoms with Gasteiger partial charge in [0.15, 0.2) is 5.75 Å². The predicted molar refractivity (Wildman–Crippen MR) is 53.4 cm³/mol. The summed E-state index contributed by atoms with van der Waals surface area (Å²) in [7, 11) is 1.51. The number of nitrogens with zero attached hydrogens (tertiary/aromatic N) is 1. The van der Waals surface area contributed by atoms with Gasteiger partial charge in [-0.25, -0.2) is 0 Å². The van der Waals surface area contributed by atoms with Crippen LogP contribution in [0.15, 0.2) is 17.1 Å². The van der Waals surface area contributed by atoms with Gasteiger partial charge >= 0.3 is 0 Å². The van der Waals surface area contributed by atoms with Gasteiger partial charge in [-0.3, -0.25) is 4.79 Å². The highest BCUT2D eigenvalue weighted by Crippen LogP contribution is 2.36. The fourth-order valence-corrected chi connectivity index (χ4v) is 1.58. The molecule has 0 atom stereocenters. The van der Waals surface area contributed by atoms with Gasteiger partial charge in [0.25, 0.3) is 0 Å². The minimum atomic E-state index is -0.0927. The van der Waals surface area contributed by atoms with Crippen molar-refractivity contribution in [3.05, 3.63) is 28.2 Å².